The van der Waals surface area contributed by atoms with E-state index in [1.165, 1.54) is 18.2 Å². The molecule has 0 saturated heterocycles. The Morgan fingerprint density at radius 2 is 1.87 bits per heavy atom. The molecule has 5 nitrogen and oxygen atoms in total. The minimum absolute atomic E-state index is 0.107. The number of Topliss-reactive ketones (excluding diaryl/α,β-unsaturated/α-hetero) is 2. The Kier molecular flexibility index (Phi) is 5.54. The van der Waals surface area contributed by atoms with Crippen LogP contribution in [0.2, 0.25) is 0 Å². The van der Waals surface area contributed by atoms with Crippen molar-refractivity contribution in [1.29, 1.82) is 0 Å². The number of allylic oxidation sites excluding steroid dienone is 1. The van der Waals surface area contributed by atoms with Crippen LogP contribution in [0.5, 0.6) is 17.2 Å². The van der Waals surface area contributed by atoms with Gasteiger partial charge in [0.05, 0.1) is 12.7 Å². The number of benzene rings is 3. The number of rotatable bonds is 6. The quantitative estimate of drug-likeness (QED) is 0.416. The highest BCUT2D eigenvalue weighted by atomic mass is 19.1. The highest BCUT2D eigenvalue weighted by Crippen LogP contribution is 2.39. The van der Waals surface area contributed by atoms with E-state index in [1.807, 2.05) is 0 Å². The molecule has 31 heavy (non-hydrogen) atoms. The number of carbonyl (C=O) groups is 2. The van der Waals surface area contributed by atoms with Crippen LogP contribution in [-0.4, -0.2) is 25.3 Å². The summed E-state index contributed by atoms with van der Waals surface area (Å²) in [6, 6.07) is 15.9. The number of halogens is 1. The van der Waals surface area contributed by atoms with Crippen LogP contribution in [0.25, 0.3) is 6.08 Å². The van der Waals surface area contributed by atoms with Gasteiger partial charge in [-0.3, -0.25) is 9.59 Å². The summed E-state index contributed by atoms with van der Waals surface area (Å²) in [5.41, 5.74) is 2.03. The normalized spacial score (nSPS) is 13.6. The summed E-state index contributed by atoms with van der Waals surface area (Å²) in [7, 11) is 1.56. The number of methoxy groups -OCH3 is 1. The van der Waals surface area contributed by atoms with Gasteiger partial charge in [0.2, 0.25) is 5.78 Å². The van der Waals surface area contributed by atoms with Gasteiger partial charge in [0.1, 0.15) is 23.1 Å². The van der Waals surface area contributed by atoms with E-state index >= 15 is 0 Å². The first-order valence-corrected chi connectivity index (χ1v) is 9.59. The van der Waals surface area contributed by atoms with E-state index in [9.17, 15) is 14.0 Å². The summed E-state index contributed by atoms with van der Waals surface area (Å²) in [5, 5.41) is 0. The molecule has 0 spiro atoms. The van der Waals surface area contributed by atoms with Gasteiger partial charge >= 0.3 is 0 Å². The first-order valence-electron chi connectivity index (χ1n) is 9.59. The van der Waals surface area contributed by atoms with E-state index in [1.54, 1.807) is 62.6 Å². The molecule has 1 aliphatic heterocycles. The fourth-order valence-electron chi connectivity index (χ4n) is 3.28. The lowest BCUT2D eigenvalue weighted by atomic mass is 10.1. The summed E-state index contributed by atoms with van der Waals surface area (Å²) in [6.45, 7) is 1.59. The minimum atomic E-state index is -0.397. The van der Waals surface area contributed by atoms with Gasteiger partial charge in [-0.15, -0.1) is 0 Å². The molecule has 0 bridgehead atoms. The van der Waals surface area contributed by atoms with E-state index < -0.39 is 5.82 Å². The molecular formula is C25H19FO5. The van der Waals surface area contributed by atoms with Gasteiger partial charge in [-0.05, 0) is 67.1 Å². The van der Waals surface area contributed by atoms with Crippen LogP contribution in [0.4, 0.5) is 4.39 Å². The second-order valence-corrected chi connectivity index (χ2v) is 7.00. The molecule has 1 aliphatic rings. The Morgan fingerprint density at radius 3 is 2.58 bits per heavy atom. The first-order chi connectivity index (χ1) is 15.0. The van der Waals surface area contributed by atoms with Crippen LogP contribution in [0.15, 0.2) is 66.4 Å². The average Bonchev–Trinajstić information content (AvgIpc) is 3.09. The van der Waals surface area contributed by atoms with Crippen molar-refractivity contribution in [2.75, 3.05) is 13.7 Å². The summed E-state index contributed by atoms with van der Waals surface area (Å²) < 4.78 is 30.0. The Labute approximate surface area is 178 Å². The van der Waals surface area contributed by atoms with Gasteiger partial charge in [0.15, 0.2) is 18.1 Å². The molecule has 0 atom stereocenters. The Bertz CT molecular complexity index is 1200. The fourth-order valence-corrected chi connectivity index (χ4v) is 3.28. The third-order valence-corrected chi connectivity index (χ3v) is 4.95. The summed E-state index contributed by atoms with van der Waals surface area (Å²) in [4.78, 5) is 25.1. The van der Waals surface area contributed by atoms with E-state index in [0.717, 1.165) is 0 Å². The standard InChI is InChI=1S/C25H19FO5/c1-15-22(30-14-21(27)17-6-8-19(29-2)9-7-17)11-10-20-24(28)23(31-25(15)20)13-16-4-3-5-18(26)12-16/h3-13H,14H2,1-2H3/b23-13-. The summed E-state index contributed by atoms with van der Waals surface area (Å²) in [6.07, 6.45) is 1.50. The van der Waals surface area contributed by atoms with Crippen molar-refractivity contribution in [3.63, 3.8) is 0 Å². The zero-order valence-corrected chi connectivity index (χ0v) is 17.0. The van der Waals surface area contributed by atoms with Crippen LogP contribution in [0, 0.1) is 12.7 Å². The zero-order valence-electron chi connectivity index (χ0n) is 17.0. The maximum Gasteiger partial charge on any atom is 0.231 e. The van der Waals surface area contributed by atoms with E-state index in [2.05, 4.69) is 0 Å². The molecule has 0 radical (unpaired) electrons. The van der Waals surface area contributed by atoms with Crippen LogP contribution < -0.4 is 14.2 Å². The van der Waals surface area contributed by atoms with Crippen molar-refractivity contribution in [2.24, 2.45) is 0 Å². The maximum absolute atomic E-state index is 13.4. The molecule has 0 N–H and O–H groups in total. The van der Waals surface area contributed by atoms with E-state index in [0.29, 0.717) is 39.5 Å². The second kappa shape index (κ2) is 8.44. The molecule has 0 amide bonds. The molecule has 156 valence electrons. The van der Waals surface area contributed by atoms with Gasteiger partial charge < -0.3 is 14.2 Å². The van der Waals surface area contributed by atoms with Gasteiger partial charge in [0, 0.05) is 11.1 Å². The van der Waals surface area contributed by atoms with Crippen LogP contribution in [-0.2, 0) is 0 Å². The predicted octanol–water partition coefficient (Wildman–Crippen LogP) is 5.02. The topological polar surface area (TPSA) is 61.8 Å². The summed E-state index contributed by atoms with van der Waals surface area (Å²) >= 11 is 0. The van der Waals surface area contributed by atoms with Crippen LogP contribution >= 0.6 is 0 Å². The highest BCUT2D eigenvalue weighted by Gasteiger charge is 2.30. The molecule has 0 aliphatic carbocycles. The Balaban J connectivity index is 1.51. The average molecular weight is 418 g/mol. The van der Waals surface area contributed by atoms with Gasteiger partial charge in [0.25, 0.3) is 0 Å². The monoisotopic (exact) mass is 418 g/mol. The molecular weight excluding hydrogens is 399 g/mol. The fraction of sp³-hybridized carbons (Fsp3) is 0.120. The lowest BCUT2D eigenvalue weighted by Crippen LogP contribution is -2.12. The van der Waals surface area contributed by atoms with Gasteiger partial charge in [-0.1, -0.05) is 12.1 Å². The number of ether oxygens (including phenoxy) is 3. The second-order valence-electron chi connectivity index (χ2n) is 7.00. The third kappa shape index (κ3) is 4.19. The molecule has 0 aromatic heterocycles. The molecule has 6 heteroatoms. The van der Waals surface area contributed by atoms with Crippen molar-refractivity contribution in [2.45, 2.75) is 6.92 Å². The number of carbonyl (C=O) groups excluding carboxylic acids is 2. The minimum Gasteiger partial charge on any atom is -0.497 e. The van der Waals surface area contributed by atoms with E-state index in [4.69, 9.17) is 14.2 Å². The van der Waals surface area contributed by atoms with E-state index in [-0.39, 0.29) is 23.9 Å². The molecule has 1 heterocycles. The lowest BCUT2D eigenvalue weighted by Gasteiger charge is -2.11. The molecule has 3 aromatic rings. The molecule has 3 aromatic carbocycles. The number of hydrogen-bond acceptors (Lipinski definition) is 5. The molecule has 0 fully saturated rings. The van der Waals surface area contributed by atoms with Crippen molar-refractivity contribution < 1.29 is 28.2 Å². The summed E-state index contributed by atoms with van der Waals surface area (Å²) in [5.74, 6) is 0.716. The van der Waals surface area contributed by atoms with Crippen LogP contribution in [0.3, 0.4) is 0 Å². The van der Waals surface area contributed by atoms with Crippen molar-refractivity contribution in [3.05, 3.63) is 94.5 Å². The smallest absolute Gasteiger partial charge is 0.231 e. The SMILES string of the molecule is COc1ccc(C(=O)COc2ccc3c(c2C)O/C(=C\c2cccc(F)c2)C3=O)cc1. The number of fused-ring (bicyclic) bond motifs is 1. The molecule has 4 rings (SSSR count). The number of ketones is 2. The van der Waals surface area contributed by atoms with Crippen molar-refractivity contribution in [1.82, 2.24) is 0 Å². The van der Waals surface area contributed by atoms with Crippen molar-refractivity contribution in [3.8, 4) is 17.2 Å². The molecule has 0 saturated carbocycles. The largest absolute Gasteiger partial charge is 0.497 e. The van der Waals surface area contributed by atoms with Gasteiger partial charge in [-0.25, -0.2) is 4.39 Å². The van der Waals surface area contributed by atoms with Crippen molar-refractivity contribution >= 4 is 17.6 Å². The predicted molar refractivity (Wildman–Crippen MR) is 113 cm³/mol. The lowest BCUT2D eigenvalue weighted by molar-refractivity contribution is 0.0920. The van der Waals surface area contributed by atoms with Gasteiger partial charge in [-0.2, -0.15) is 0 Å². The maximum atomic E-state index is 13.4. The Hall–Kier alpha value is -3.93. The third-order valence-electron chi connectivity index (χ3n) is 4.95. The molecule has 0 unspecified atom stereocenters. The van der Waals surface area contributed by atoms with Crippen LogP contribution in [0.1, 0.15) is 31.8 Å². The first kappa shape index (κ1) is 20.3. The number of hydrogen-bond donors (Lipinski definition) is 0. The highest BCUT2D eigenvalue weighted by molar-refractivity contribution is 6.15. The zero-order chi connectivity index (χ0) is 22.0. The Morgan fingerprint density at radius 1 is 1.10 bits per heavy atom.